The molecule has 0 aromatic carbocycles. The second-order valence-electron chi connectivity index (χ2n) is 3.64. The molecule has 1 fully saturated rings. The Balaban J connectivity index is 1.99. The normalized spacial score (nSPS) is 20.4. The third-order valence-electron chi connectivity index (χ3n) is 2.23. The Bertz CT molecular complexity index is 218. The maximum absolute atomic E-state index is 11.5. The Kier molecular flexibility index (Phi) is 7.29. The summed E-state index contributed by atoms with van der Waals surface area (Å²) >= 11 is 1.77. The highest BCUT2D eigenvalue weighted by atomic mass is 32.2. The van der Waals surface area contributed by atoms with Crippen molar-refractivity contribution in [2.24, 2.45) is 0 Å². The summed E-state index contributed by atoms with van der Waals surface area (Å²) < 4.78 is 5.28. The van der Waals surface area contributed by atoms with Gasteiger partial charge < -0.3 is 15.4 Å². The Morgan fingerprint density at radius 3 is 3.25 bits per heavy atom. The number of ether oxygens (including phenoxy) is 1. The van der Waals surface area contributed by atoms with Gasteiger partial charge in [0.05, 0.1) is 13.2 Å². The van der Waals surface area contributed by atoms with E-state index in [0.29, 0.717) is 13.0 Å². The molecular formula is C11H20N2O2S. The number of hydrogen-bond acceptors (Lipinski definition) is 4. The first-order valence-electron chi connectivity index (χ1n) is 5.59. The molecule has 0 spiro atoms. The van der Waals surface area contributed by atoms with Crippen LogP contribution in [0.25, 0.3) is 0 Å². The molecule has 1 aliphatic heterocycles. The quantitative estimate of drug-likeness (QED) is 0.503. The van der Waals surface area contributed by atoms with Crippen molar-refractivity contribution < 1.29 is 9.53 Å². The van der Waals surface area contributed by atoms with Gasteiger partial charge in [-0.15, -0.1) is 6.58 Å². The molecule has 0 aliphatic carbocycles. The third-order valence-corrected chi connectivity index (χ3v) is 3.20. The van der Waals surface area contributed by atoms with Gasteiger partial charge in [0, 0.05) is 37.1 Å². The maximum atomic E-state index is 11.5. The largest absolute Gasteiger partial charge is 0.378 e. The summed E-state index contributed by atoms with van der Waals surface area (Å²) in [5.74, 6) is 1.97. The predicted molar refractivity (Wildman–Crippen MR) is 67.8 cm³/mol. The van der Waals surface area contributed by atoms with Crippen LogP contribution < -0.4 is 10.6 Å². The van der Waals surface area contributed by atoms with Gasteiger partial charge in [-0.2, -0.15) is 11.8 Å². The van der Waals surface area contributed by atoms with Gasteiger partial charge in [-0.1, -0.05) is 6.08 Å². The summed E-state index contributed by atoms with van der Waals surface area (Å²) in [5.41, 5.74) is 0. The molecule has 1 atom stereocenters. The molecule has 1 unspecified atom stereocenters. The lowest BCUT2D eigenvalue weighted by molar-refractivity contribution is -0.122. The van der Waals surface area contributed by atoms with Crippen LogP contribution in [0, 0.1) is 0 Å². The predicted octanol–water partition coefficient (Wildman–Crippen LogP) is 0.400. The molecule has 1 rings (SSSR count). The number of morpholine rings is 1. The molecule has 0 radical (unpaired) electrons. The van der Waals surface area contributed by atoms with Crippen molar-refractivity contribution in [2.75, 3.05) is 37.8 Å². The molecular weight excluding hydrogens is 224 g/mol. The minimum atomic E-state index is 0.0993. The van der Waals surface area contributed by atoms with E-state index in [1.165, 1.54) is 0 Å². The van der Waals surface area contributed by atoms with E-state index >= 15 is 0 Å². The molecule has 5 heteroatoms. The van der Waals surface area contributed by atoms with Crippen LogP contribution in [0.2, 0.25) is 0 Å². The van der Waals surface area contributed by atoms with Crippen LogP contribution in [0.1, 0.15) is 6.42 Å². The Labute approximate surface area is 101 Å². The summed E-state index contributed by atoms with van der Waals surface area (Å²) in [6.45, 7) is 6.59. The molecule has 1 heterocycles. The summed E-state index contributed by atoms with van der Waals surface area (Å²) in [7, 11) is 0. The van der Waals surface area contributed by atoms with E-state index in [-0.39, 0.29) is 11.9 Å². The Morgan fingerprint density at radius 2 is 2.56 bits per heavy atom. The van der Waals surface area contributed by atoms with E-state index in [9.17, 15) is 4.79 Å². The summed E-state index contributed by atoms with van der Waals surface area (Å²) in [4.78, 5) is 11.5. The van der Waals surface area contributed by atoms with Crippen molar-refractivity contribution in [3.63, 3.8) is 0 Å². The first kappa shape index (κ1) is 13.5. The molecule has 0 saturated carbocycles. The lowest BCUT2D eigenvalue weighted by Gasteiger charge is -2.23. The second kappa shape index (κ2) is 8.61. The molecule has 0 aromatic rings. The van der Waals surface area contributed by atoms with Crippen LogP contribution in [0.5, 0.6) is 0 Å². The van der Waals surface area contributed by atoms with Crippen molar-refractivity contribution in [3.05, 3.63) is 12.7 Å². The third kappa shape index (κ3) is 6.15. The van der Waals surface area contributed by atoms with Crippen LogP contribution in [0.15, 0.2) is 12.7 Å². The fraction of sp³-hybridized carbons (Fsp3) is 0.727. The highest BCUT2D eigenvalue weighted by Crippen LogP contribution is 1.99. The molecule has 2 N–H and O–H groups in total. The van der Waals surface area contributed by atoms with Crippen LogP contribution in [-0.4, -0.2) is 49.8 Å². The number of carbonyl (C=O) groups excluding carboxylic acids is 1. The van der Waals surface area contributed by atoms with Gasteiger partial charge in [-0.05, 0) is 0 Å². The standard InChI is InChI=1S/C11H20N2O2S/c1-2-6-16-7-4-13-11(14)8-10-9-15-5-3-12-10/h2,10,12H,1,3-9H2,(H,13,14). The van der Waals surface area contributed by atoms with Gasteiger partial charge in [0.2, 0.25) is 5.91 Å². The van der Waals surface area contributed by atoms with E-state index in [1.807, 2.05) is 6.08 Å². The highest BCUT2D eigenvalue weighted by molar-refractivity contribution is 7.99. The van der Waals surface area contributed by atoms with Crippen LogP contribution in [-0.2, 0) is 9.53 Å². The van der Waals surface area contributed by atoms with E-state index in [4.69, 9.17) is 4.74 Å². The van der Waals surface area contributed by atoms with Gasteiger partial charge in [-0.3, -0.25) is 4.79 Å². The smallest absolute Gasteiger partial charge is 0.221 e. The van der Waals surface area contributed by atoms with Crippen LogP contribution in [0.4, 0.5) is 0 Å². The fourth-order valence-electron chi connectivity index (χ4n) is 1.48. The molecule has 1 saturated heterocycles. The van der Waals surface area contributed by atoms with Gasteiger partial charge in [0.1, 0.15) is 0 Å². The topological polar surface area (TPSA) is 50.4 Å². The zero-order valence-corrected chi connectivity index (χ0v) is 10.4. The number of nitrogens with one attached hydrogen (secondary N) is 2. The van der Waals surface area contributed by atoms with E-state index in [1.54, 1.807) is 11.8 Å². The lowest BCUT2D eigenvalue weighted by Crippen LogP contribution is -2.44. The van der Waals surface area contributed by atoms with Gasteiger partial charge >= 0.3 is 0 Å². The van der Waals surface area contributed by atoms with Crippen molar-refractivity contribution in [3.8, 4) is 0 Å². The lowest BCUT2D eigenvalue weighted by atomic mass is 10.2. The Hall–Kier alpha value is -0.520. The number of hydrogen-bond donors (Lipinski definition) is 2. The number of thioether (sulfide) groups is 1. The first-order chi connectivity index (χ1) is 7.83. The van der Waals surface area contributed by atoms with Crippen molar-refractivity contribution >= 4 is 17.7 Å². The maximum Gasteiger partial charge on any atom is 0.221 e. The second-order valence-corrected chi connectivity index (χ2v) is 4.79. The van der Waals surface area contributed by atoms with E-state index in [0.717, 1.165) is 31.2 Å². The van der Waals surface area contributed by atoms with Crippen LogP contribution >= 0.6 is 11.8 Å². The fourth-order valence-corrected chi connectivity index (χ4v) is 2.06. The molecule has 16 heavy (non-hydrogen) atoms. The highest BCUT2D eigenvalue weighted by Gasteiger charge is 2.16. The zero-order valence-electron chi connectivity index (χ0n) is 9.54. The molecule has 92 valence electrons. The monoisotopic (exact) mass is 244 g/mol. The SMILES string of the molecule is C=CCSCCNC(=O)CC1COCCN1. The summed E-state index contributed by atoms with van der Waals surface area (Å²) in [6, 6.07) is 0.176. The van der Waals surface area contributed by atoms with Gasteiger partial charge in [0.25, 0.3) is 0 Å². The summed E-state index contributed by atoms with van der Waals surface area (Å²) in [6.07, 6.45) is 2.38. The number of rotatable bonds is 7. The number of carbonyl (C=O) groups is 1. The van der Waals surface area contributed by atoms with Gasteiger partial charge in [0.15, 0.2) is 0 Å². The molecule has 1 amide bonds. The molecule has 0 bridgehead atoms. The summed E-state index contributed by atoms with van der Waals surface area (Å²) in [5, 5.41) is 6.16. The molecule has 1 aliphatic rings. The first-order valence-corrected chi connectivity index (χ1v) is 6.75. The van der Waals surface area contributed by atoms with E-state index < -0.39 is 0 Å². The van der Waals surface area contributed by atoms with Crippen molar-refractivity contribution in [2.45, 2.75) is 12.5 Å². The molecule has 4 nitrogen and oxygen atoms in total. The van der Waals surface area contributed by atoms with Gasteiger partial charge in [-0.25, -0.2) is 0 Å². The zero-order chi connectivity index (χ0) is 11.6. The minimum Gasteiger partial charge on any atom is -0.378 e. The minimum absolute atomic E-state index is 0.0993. The van der Waals surface area contributed by atoms with E-state index in [2.05, 4.69) is 17.2 Å². The van der Waals surface area contributed by atoms with Crippen molar-refractivity contribution in [1.29, 1.82) is 0 Å². The number of amides is 1. The Morgan fingerprint density at radius 1 is 1.69 bits per heavy atom. The average molecular weight is 244 g/mol. The molecule has 0 aromatic heterocycles. The van der Waals surface area contributed by atoms with Crippen molar-refractivity contribution in [1.82, 2.24) is 10.6 Å². The van der Waals surface area contributed by atoms with Crippen LogP contribution in [0.3, 0.4) is 0 Å². The average Bonchev–Trinajstić information content (AvgIpc) is 2.30.